The first kappa shape index (κ1) is 12.6. The average Bonchev–Trinajstić information content (AvgIpc) is 2.33. The molecular weight excluding hydrogens is 170 g/mol. The van der Waals surface area contributed by atoms with Crippen molar-refractivity contribution in [3.63, 3.8) is 0 Å². The summed E-state index contributed by atoms with van der Waals surface area (Å²) in [6.07, 6.45) is 10.4. The summed E-state index contributed by atoms with van der Waals surface area (Å²) in [6.45, 7) is 12.2. The molecule has 1 nitrogen and oxygen atoms in total. The lowest BCUT2D eigenvalue weighted by Crippen LogP contribution is -1.86. The molecule has 0 heterocycles. The summed E-state index contributed by atoms with van der Waals surface area (Å²) in [6, 6.07) is 0. The summed E-state index contributed by atoms with van der Waals surface area (Å²) in [5, 5.41) is 0. The Morgan fingerprint density at radius 1 is 1.43 bits per heavy atom. The van der Waals surface area contributed by atoms with E-state index in [1.54, 1.807) is 0 Å². The van der Waals surface area contributed by atoms with Gasteiger partial charge in [0.05, 0.1) is 5.70 Å². The zero-order chi connectivity index (χ0) is 11.0. The van der Waals surface area contributed by atoms with Crippen molar-refractivity contribution >= 4 is 6.21 Å². The van der Waals surface area contributed by atoms with Crippen LogP contribution in [0.5, 0.6) is 0 Å². The zero-order valence-electron chi connectivity index (χ0n) is 9.33. The highest BCUT2D eigenvalue weighted by atomic mass is 14.7. The number of rotatable bonds is 1. The molecule has 1 aliphatic rings. The van der Waals surface area contributed by atoms with Crippen LogP contribution in [0.25, 0.3) is 0 Å². The summed E-state index contributed by atoms with van der Waals surface area (Å²) >= 11 is 0. The van der Waals surface area contributed by atoms with Crippen molar-refractivity contribution in [3.8, 4) is 0 Å². The van der Waals surface area contributed by atoms with E-state index in [9.17, 15) is 0 Å². The topological polar surface area (TPSA) is 12.4 Å². The third-order valence-electron chi connectivity index (χ3n) is 1.85. The smallest absolute Gasteiger partial charge is 0.0620 e. The van der Waals surface area contributed by atoms with Crippen LogP contribution in [-0.4, -0.2) is 6.21 Å². The predicted molar refractivity (Wildman–Crippen MR) is 65.6 cm³/mol. The van der Waals surface area contributed by atoms with Gasteiger partial charge in [-0.2, -0.15) is 0 Å². The quantitative estimate of drug-likeness (QED) is 0.438. The molecule has 0 aromatic carbocycles. The summed E-state index contributed by atoms with van der Waals surface area (Å²) < 4.78 is 0. The predicted octanol–water partition coefficient (Wildman–Crippen LogP) is 3.92. The molecule has 0 saturated heterocycles. The van der Waals surface area contributed by atoms with Gasteiger partial charge < -0.3 is 0 Å². The molecule has 0 fully saturated rings. The van der Waals surface area contributed by atoms with Crippen LogP contribution >= 0.6 is 0 Å². The Balaban J connectivity index is 0.000000791. The second-order valence-corrected chi connectivity index (χ2v) is 3.03. The van der Waals surface area contributed by atoms with E-state index in [1.807, 2.05) is 13.1 Å². The molecule has 1 aliphatic carbocycles. The maximum Gasteiger partial charge on any atom is 0.0620 e. The monoisotopic (exact) mass is 189 g/mol. The molecule has 0 aromatic rings. The fourth-order valence-electron chi connectivity index (χ4n) is 1.18. The highest BCUT2D eigenvalue weighted by molar-refractivity contribution is 5.57. The van der Waals surface area contributed by atoms with Gasteiger partial charge in [-0.25, -0.2) is 0 Å². The number of nitrogens with zero attached hydrogens (tertiary/aromatic N) is 1. The van der Waals surface area contributed by atoms with Gasteiger partial charge in [-0.05, 0) is 25.3 Å². The van der Waals surface area contributed by atoms with Crippen LogP contribution in [0, 0.1) is 5.92 Å². The number of hydrogen-bond donors (Lipinski definition) is 0. The molecular formula is C13H19N. The summed E-state index contributed by atoms with van der Waals surface area (Å²) in [5.41, 5.74) is 2.32. The fraction of sp³-hybridized carbons (Fsp3) is 0.308. The molecule has 0 radical (unpaired) electrons. The number of allylic oxidation sites excluding steroid dienone is 5. The lowest BCUT2D eigenvalue weighted by Gasteiger charge is -2.01. The average molecular weight is 189 g/mol. The molecule has 14 heavy (non-hydrogen) atoms. The van der Waals surface area contributed by atoms with E-state index in [-0.39, 0.29) is 0 Å². The molecule has 0 amide bonds. The third-order valence-corrected chi connectivity index (χ3v) is 1.85. The molecule has 1 unspecified atom stereocenters. The molecule has 1 rings (SSSR count). The van der Waals surface area contributed by atoms with Gasteiger partial charge in [0, 0.05) is 6.21 Å². The SMILES string of the molecule is C=C.CC=NC1=CC(C)C=CC=C1C. The zero-order valence-corrected chi connectivity index (χ0v) is 9.33. The van der Waals surface area contributed by atoms with Crippen LogP contribution < -0.4 is 0 Å². The standard InChI is InChI=1S/C11H15N.C2H4/c1-4-12-11-8-9(2)6-5-7-10(11)3;1-2/h4-9H,1-3H3;1-2H2. The molecule has 1 atom stereocenters. The minimum atomic E-state index is 0.484. The minimum Gasteiger partial charge on any atom is -0.262 e. The maximum atomic E-state index is 4.30. The first-order valence-corrected chi connectivity index (χ1v) is 4.80. The van der Waals surface area contributed by atoms with Crippen LogP contribution in [-0.2, 0) is 0 Å². The van der Waals surface area contributed by atoms with E-state index in [1.165, 1.54) is 5.57 Å². The highest BCUT2D eigenvalue weighted by Crippen LogP contribution is 2.17. The van der Waals surface area contributed by atoms with E-state index in [0.717, 1.165) is 5.70 Å². The van der Waals surface area contributed by atoms with Crippen LogP contribution in [0.1, 0.15) is 20.8 Å². The van der Waals surface area contributed by atoms with Crippen LogP contribution in [0.4, 0.5) is 0 Å². The van der Waals surface area contributed by atoms with Crippen molar-refractivity contribution in [2.45, 2.75) is 20.8 Å². The molecule has 0 aliphatic heterocycles. The van der Waals surface area contributed by atoms with Crippen LogP contribution in [0.2, 0.25) is 0 Å². The van der Waals surface area contributed by atoms with E-state index < -0.39 is 0 Å². The first-order chi connectivity index (χ1) is 6.74. The second-order valence-electron chi connectivity index (χ2n) is 3.03. The van der Waals surface area contributed by atoms with Crippen molar-refractivity contribution in [1.82, 2.24) is 0 Å². The Hall–Kier alpha value is -1.37. The Morgan fingerprint density at radius 3 is 2.64 bits per heavy atom. The Labute approximate surface area is 87.3 Å². The molecule has 0 aromatic heterocycles. The minimum absolute atomic E-state index is 0.484. The molecule has 0 N–H and O–H groups in total. The molecule has 0 saturated carbocycles. The second kappa shape index (κ2) is 7.07. The van der Waals surface area contributed by atoms with Gasteiger partial charge in [0.15, 0.2) is 0 Å². The third kappa shape index (κ3) is 4.04. The normalized spacial score (nSPS) is 20.6. The van der Waals surface area contributed by atoms with Crippen LogP contribution in [0.15, 0.2) is 53.7 Å². The maximum absolute atomic E-state index is 4.30. The fourth-order valence-corrected chi connectivity index (χ4v) is 1.18. The molecule has 1 heteroatoms. The van der Waals surface area contributed by atoms with Gasteiger partial charge >= 0.3 is 0 Å². The van der Waals surface area contributed by atoms with Gasteiger partial charge in [0.25, 0.3) is 0 Å². The molecule has 0 bridgehead atoms. The Morgan fingerprint density at radius 2 is 2.07 bits per heavy atom. The Bertz CT molecular complexity index is 280. The highest BCUT2D eigenvalue weighted by Gasteiger charge is 2.01. The molecule has 76 valence electrons. The summed E-state index contributed by atoms with van der Waals surface area (Å²) in [4.78, 5) is 4.30. The van der Waals surface area contributed by atoms with Gasteiger partial charge in [-0.15, -0.1) is 13.2 Å². The van der Waals surface area contributed by atoms with Gasteiger partial charge in [0.2, 0.25) is 0 Å². The largest absolute Gasteiger partial charge is 0.262 e. The van der Waals surface area contributed by atoms with Crippen molar-refractivity contribution in [2.24, 2.45) is 10.9 Å². The van der Waals surface area contributed by atoms with E-state index in [0.29, 0.717) is 5.92 Å². The van der Waals surface area contributed by atoms with E-state index in [2.05, 4.69) is 56.3 Å². The van der Waals surface area contributed by atoms with Gasteiger partial charge in [-0.1, -0.05) is 31.2 Å². The van der Waals surface area contributed by atoms with Gasteiger partial charge in [0.1, 0.15) is 0 Å². The van der Waals surface area contributed by atoms with Crippen molar-refractivity contribution in [1.29, 1.82) is 0 Å². The van der Waals surface area contributed by atoms with Crippen molar-refractivity contribution in [2.75, 3.05) is 0 Å². The van der Waals surface area contributed by atoms with E-state index in [4.69, 9.17) is 0 Å². The number of hydrogen-bond acceptors (Lipinski definition) is 1. The van der Waals surface area contributed by atoms with Crippen LogP contribution in [0.3, 0.4) is 0 Å². The lowest BCUT2D eigenvalue weighted by molar-refractivity contribution is 0.928. The lowest BCUT2D eigenvalue weighted by atomic mass is 10.1. The van der Waals surface area contributed by atoms with E-state index >= 15 is 0 Å². The van der Waals surface area contributed by atoms with Crippen molar-refractivity contribution in [3.05, 3.63) is 48.7 Å². The van der Waals surface area contributed by atoms with Gasteiger partial charge in [-0.3, -0.25) is 4.99 Å². The Kier molecular flexibility index (Phi) is 6.38. The first-order valence-electron chi connectivity index (χ1n) is 4.80. The summed E-state index contributed by atoms with van der Waals surface area (Å²) in [5.74, 6) is 0.484. The summed E-state index contributed by atoms with van der Waals surface area (Å²) in [7, 11) is 0. The number of aliphatic imine (C=N–C) groups is 1. The van der Waals surface area contributed by atoms with Crippen molar-refractivity contribution < 1.29 is 0 Å². The molecule has 0 spiro atoms.